The second-order valence-corrected chi connectivity index (χ2v) is 8.25. The van der Waals surface area contributed by atoms with Gasteiger partial charge in [0.05, 0.1) is 26.4 Å². The SMILES string of the molecule is CNC[C@@H]1CNC[C@H](C(=O)N(C2CC2)[C@H](C)c2cc(CCCNOC)nc(OC)c2)O1. The largest absolute Gasteiger partial charge is 0.481 e. The first kappa shape index (κ1) is 23.9. The van der Waals surface area contributed by atoms with Crippen LogP contribution < -0.4 is 20.9 Å². The summed E-state index contributed by atoms with van der Waals surface area (Å²) in [5.74, 6) is 0.636. The van der Waals surface area contributed by atoms with Crippen molar-refractivity contribution in [1.29, 1.82) is 0 Å². The molecule has 1 aliphatic carbocycles. The number of hydroxylamine groups is 1. The van der Waals surface area contributed by atoms with E-state index in [-0.39, 0.29) is 24.1 Å². The van der Waals surface area contributed by atoms with Crippen LogP contribution in [0.25, 0.3) is 0 Å². The molecule has 2 heterocycles. The van der Waals surface area contributed by atoms with E-state index in [1.807, 2.05) is 18.0 Å². The van der Waals surface area contributed by atoms with E-state index < -0.39 is 6.10 Å². The Morgan fingerprint density at radius 1 is 1.35 bits per heavy atom. The Balaban J connectivity index is 1.74. The fourth-order valence-corrected chi connectivity index (χ4v) is 4.06. The van der Waals surface area contributed by atoms with Crippen LogP contribution in [-0.4, -0.2) is 81.5 Å². The van der Waals surface area contributed by atoms with E-state index in [4.69, 9.17) is 14.3 Å². The number of aryl methyl sites for hydroxylation is 1. The highest BCUT2D eigenvalue weighted by Gasteiger charge is 2.41. The van der Waals surface area contributed by atoms with Gasteiger partial charge >= 0.3 is 0 Å². The average molecular weight is 436 g/mol. The molecule has 2 aliphatic rings. The standard InChI is InChI=1S/C22H37N5O4/c1-15(16-10-17(6-5-9-25-30-4)26-21(11-16)29-3)27(18-7-8-18)22(28)20-14-24-13-19(31-20)12-23-2/h10-11,15,18-20,23-25H,5-9,12-14H2,1-4H3/t15-,19-,20-/m1/s1. The number of carbonyl (C=O) groups excluding carboxylic acids is 1. The number of rotatable bonds is 12. The van der Waals surface area contributed by atoms with Crippen LogP contribution in [0.4, 0.5) is 0 Å². The summed E-state index contributed by atoms with van der Waals surface area (Å²) in [5, 5.41) is 6.48. The molecule has 0 aromatic carbocycles. The Kier molecular flexibility index (Phi) is 9.03. The van der Waals surface area contributed by atoms with E-state index in [0.29, 0.717) is 12.4 Å². The lowest BCUT2D eigenvalue weighted by Gasteiger charge is -2.36. The molecule has 0 bridgehead atoms. The lowest BCUT2D eigenvalue weighted by atomic mass is 10.0. The number of aromatic nitrogens is 1. The highest BCUT2D eigenvalue weighted by Crippen LogP contribution is 2.36. The van der Waals surface area contributed by atoms with Crippen LogP contribution in [0.15, 0.2) is 12.1 Å². The number of nitrogens with one attached hydrogen (secondary N) is 3. The number of hydrogen-bond acceptors (Lipinski definition) is 8. The first-order valence-corrected chi connectivity index (χ1v) is 11.2. The van der Waals surface area contributed by atoms with Crippen molar-refractivity contribution < 1.29 is 19.1 Å². The monoisotopic (exact) mass is 435 g/mol. The van der Waals surface area contributed by atoms with Gasteiger partial charge in [-0.1, -0.05) is 0 Å². The number of nitrogens with zero attached hydrogens (tertiary/aromatic N) is 2. The minimum absolute atomic E-state index is 0.00242. The molecule has 0 unspecified atom stereocenters. The minimum Gasteiger partial charge on any atom is -0.481 e. The van der Waals surface area contributed by atoms with E-state index in [1.165, 1.54) is 0 Å². The molecule has 2 fully saturated rings. The summed E-state index contributed by atoms with van der Waals surface area (Å²) in [6.07, 6.45) is 3.30. The number of morpholine rings is 1. The summed E-state index contributed by atoms with van der Waals surface area (Å²) in [6.45, 7) is 4.85. The van der Waals surface area contributed by atoms with Crippen molar-refractivity contribution in [2.24, 2.45) is 0 Å². The number of likely N-dealkylation sites (N-methyl/N-ethyl adjacent to an activating group) is 1. The van der Waals surface area contributed by atoms with Crippen molar-refractivity contribution in [3.05, 3.63) is 23.4 Å². The van der Waals surface area contributed by atoms with Gasteiger partial charge in [0.15, 0.2) is 0 Å². The highest BCUT2D eigenvalue weighted by atomic mass is 16.6. The van der Waals surface area contributed by atoms with Crippen LogP contribution in [0.3, 0.4) is 0 Å². The molecule has 0 spiro atoms. The number of methoxy groups -OCH3 is 1. The summed E-state index contributed by atoms with van der Waals surface area (Å²) >= 11 is 0. The molecular weight excluding hydrogens is 398 g/mol. The molecular formula is C22H37N5O4. The van der Waals surface area contributed by atoms with E-state index in [0.717, 1.165) is 56.6 Å². The number of amides is 1. The Bertz CT molecular complexity index is 713. The zero-order valence-electron chi connectivity index (χ0n) is 19.1. The van der Waals surface area contributed by atoms with Gasteiger partial charge in [0, 0.05) is 44.0 Å². The molecule has 3 rings (SSSR count). The maximum Gasteiger partial charge on any atom is 0.253 e. The Morgan fingerprint density at radius 3 is 2.84 bits per heavy atom. The predicted molar refractivity (Wildman–Crippen MR) is 118 cm³/mol. The number of hydrogen-bond donors (Lipinski definition) is 3. The zero-order valence-corrected chi connectivity index (χ0v) is 19.1. The maximum atomic E-state index is 13.5. The van der Waals surface area contributed by atoms with Gasteiger partial charge in [0.25, 0.3) is 5.91 Å². The molecule has 3 atom stereocenters. The van der Waals surface area contributed by atoms with Crippen LogP contribution in [0, 0.1) is 0 Å². The topological polar surface area (TPSA) is 97.0 Å². The van der Waals surface area contributed by atoms with Crippen molar-refractivity contribution in [3.8, 4) is 5.88 Å². The van der Waals surface area contributed by atoms with Crippen LogP contribution in [-0.2, 0) is 20.8 Å². The van der Waals surface area contributed by atoms with E-state index in [9.17, 15) is 4.79 Å². The van der Waals surface area contributed by atoms with Crippen LogP contribution in [0.1, 0.15) is 43.5 Å². The van der Waals surface area contributed by atoms with Crippen molar-refractivity contribution in [2.45, 2.75) is 56.9 Å². The average Bonchev–Trinajstić information content (AvgIpc) is 3.62. The predicted octanol–water partition coefficient (Wildman–Crippen LogP) is 0.802. The van der Waals surface area contributed by atoms with E-state index in [2.05, 4.69) is 34.1 Å². The number of ether oxygens (including phenoxy) is 2. The van der Waals surface area contributed by atoms with Gasteiger partial charge in [-0.15, -0.1) is 0 Å². The quantitative estimate of drug-likeness (QED) is 0.328. The smallest absolute Gasteiger partial charge is 0.253 e. The molecule has 0 radical (unpaired) electrons. The summed E-state index contributed by atoms with van der Waals surface area (Å²) in [6, 6.07) is 4.21. The third-order valence-corrected chi connectivity index (χ3v) is 5.80. The molecule has 1 aromatic heterocycles. The summed E-state index contributed by atoms with van der Waals surface area (Å²) in [4.78, 5) is 25.0. The Morgan fingerprint density at radius 2 is 2.16 bits per heavy atom. The first-order valence-electron chi connectivity index (χ1n) is 11.2. The molecule has 1 amide bonds. The van der Waals surface area contributed by atoms with Crippen molar-refractivity contribution in [2.75, 3.05) is 47.4 Å². The second-order valence-electron chi connectivity index (χ2n) is 8.25. The lowest BCUT2D eigenvalue weighted by Crippen LogP contribution is -2.55. The fourth-order valence-electron chi connectivity index (χ4n) is 4.06. The molecule has 1 saturated heterocycles. The van der Waals surface area contributed by atoms with Crippen molar-refractivity contribution >= 4 is 5.91 Å². The second kappa shape index (κ2) is 11.7. The molecule has 9 nitrogen and oxygen atoms in total. The highest BCUT2D eigenvalue weighted by molar-refractivity contribution is 5.82. The first-order chi connectivity index (χ1) is 15.1. The maximum absolute atomic E-state index is 13.5. The molecule has 1 aliphatic heterocycles. The van der Waals surface area contributed by atoms with Crippen LogP contribution >= 0.6 is 0 Å². The van der Waals surface area contributed by atoms with Gasteiger partial charge in [-0.05, 0) is 51.3 Å². The number of pyridine rings is 1. The Hall–Kier alpha value is -1.78. The summed E-state index contributed by atoms with van der Waals surface area (Å²) in [7, 11) is 5.13. The van der Waals surface area contributed by atoms with Crippen molar-refractivity contribution in [3.63, 3.8) is 0 Å². The normalized spacial score (nSPS) is 22.2. The number of carbonyl (C=O) groups is 1. The van der Waals surface area contributed by atoms with Crippen LogP contribution in [0.2, 0.25) is 0 Å². The van der Waals surface area contributed by atoms with Gasteiger partial charge in [-0.2, -0.15) is 0 Å². The van der Waals surface area contributed by atoms with E-state index >= 15 is 0 Å². The molecule has 1 aromatic rings. The van der Waals surface area contributed by atoms with Crippen LogP contribution in [0.5, 0.6) is 5.88 Å². The minimum atomic E-state index is -0.460. The molecule has 31 heavy (non-hydrogen) atoms. The molecule has 3 N–H and O–H groups in total. The third kappa shape index (κ3) is 6.60. The van der Waals surface area contributed by atoms with Gasteiger partial charge < -0.3 is 29.8 Å². The van der Waals surface area contributed by atoms with Gasteiger partial charge in [0.1, 0.15) is 6.10 Å². The van der Waals surface area contributed by atoms with Gasteiger partial charge in [-0.3, -0.25) is 4.79 Å². The fraction of sp³-hybridized carbons (Fsp3) is 0.727. The van der Waals surface area contributed by atoms with Gasteiger partial charge in [0.2, 0.25) is 5.88 Å². The summed E-state index contributed by atoms with van der Waals surface area (Å²) in [5.41, 5.74) is 4.84. The molecule has 9 heteroatoms. The zero-order chi connectivity index (χ0) is 22.2. The van der Waals surface area contributed by atoms with E-state index in [1.54, 1.807) is 14.2 Å². The Labute approximate surface area is 185 Å². The lowest BCUT2D eigenvalue weighted by molar-refractivity contribution is -0.153. The summed E-state index contributed by atoms with van der Waals surface area (Å²) < 4.78 is 11.6. The molecule has 174 valence electrons. The molecule has 1 saturated carbocycles. The van der Waals surface area contributed by atoms with Gasteiger partial charge in [-0.25, -0.2) is 10.5 Å². The third-order valence-electron chi connectivity index (χ3n) is 5.80. The van der Waals surface area contributed by atoms with Crippen molar-refractivity contribution in [1.82, 2.24) is 26.0 Å².